The predicted molar refractivity (Wildman–Crippen MR) is 116 cm³/mol. The Hall–Kier alpha value is -2.28. The molecule has 1 aliphatic rings. The summed E-state index contributed by atoms with van der Waals surface area (Å²) in [5, 5.41) is 4.44. The number of anilines is 1. The molecule has 0 bridgehead atoms. The molecule has 0 amide bonds. The topological polar surface area (TPSA) is 82.3 Å². The molecular formula is C20H24Cl2N4O2. The van der Waals surface area contributed by atoms with Gasteiger partial charge in [0.05, 0.1) is 5.52 Å². The van der Waals surface area contributed by atoms with Crippen molar-refractivity contribution in [1.82, 2.24) is 9.97 Å². The molecule has 1 unspecified atom stereocenters. The molecule has 0 fully saturated rings. The number of fused-ring (bicyclic) bond motifs is 2. The van der Waals surface area contributed by atoms with Crippen molar-refractivity contribution in [3.63, 3.8) is 0 Å². The lowest BCUT2D eigenvalue weighted by Gasteiger charge is -2.26. The van der Waals surface area contributed by atoms with Crippen LogP contribution in [0.4, 0.5) is 5.82 Å². The van der Waals surface area contributed by atoms with E-state index < -0.39 is 0 Å². The first-order valence-corrected chi connectivity index (χ1v) is 8.91. The van der Waals surface area contributed by atoms with Gasteiger partial charge in [-0.2, -0.15) is 0 Å². The summed E-state index contributed by atoms with van der Waals surface area (Å²) in [4.78, 5) is 9.21. The monoisotopic (exact) mass is 422 g/mol. The van der Waals surface area contributed by atoms with Crippen molar-refractivity contribution >= 4 is 41.5 Å². The number of rotatable bonds is 6. The van der Waals surface area contributed by atoms with Gasteiger partial charge in [-0.15, -0.1) is 24.8 Å². The number of benzene rings is 2. The molecule has 0 radical (unpaired) electrons. The summed E-state index contributed by atoms with van der Waals surface area (Å²) in [6.45, 7) is 1.82. The number of nitrogens with two attached hydrogens (primary N) is 1. The van der Waals surface area contributed by atoms with Gasteiger partial charge in [0.25, 0.3) is 0 Å². The molecule has 6 nitrogen and oxygen atoms in total. The van der Waals surface area contributed by atoms with E-state index >= 15 is 0 Å². The van der Waals surface area contributed by atoms with E-state index in [-0.39, 0.29) is 30.9 Å². The summed E-state index contributed by atoms with van der Waals surface area (Å²) < 4.78 is 11.8. The van der Waals surface area contributed by atoms with Crippen LogP contribution in [0.15, 0.2) is 48.5 Å². The quantitative estimate of drug-likeness (QED) is 0.630. The smallest absolute Gasteiger partial charge is 0.161 e. The fraction of sp³-hybridized carbons (Fsp3) is 0.300. The van der Waals surface area contributed by atoms with Crippen LogP contribution in [-0.4, -0.2) is 35.8 Å². The van der Waals surface area contributed by atoms with Gasteiger partial charge < -0.3 is 20.5 Å². The van der Waals surface area contributed by atoms with Crippen molar-refractivity contribution < 1.29 is 9.47 Å². The highest BCUT2D eigenvalue weighted by molar-refractivity contribution is 5.89. The predicted octanol–water partition coefficient (Wildman–Crippen LogP) is 3.62. The molecule has 0 spiro atoms. The van der Waals surface area contributed by atoms with Crippen molar-refractivity contribution in [2.24, 2.45) is 5.73 Å². The molecule has 0 aliphatic carbocycles. The third kappa shape index (κ3) is 4.95. The van der Waals surface area contributed by atoms with Gasteiger partial charge in [0, 0.05) is 24.8 Å². The van der Waals surface area contributed by atoms with Crippen LogP contribution in [0.2, 0.25) is 0 Å². The lowest BCUT2D eigenvalue weighted by atomic mass is 10.2. The second-order valence-electron chi connectivity index (χ2n) is 6.26. The molecule has 3 N–H and O–H groups in total. The van der Waals surface area contributed by atoms with Crippen LogP contribution in [0.3, 0.4) is 0 Å². The van der Waals surface area contributed by atoms with Crippen molar-refractivity contribution in [3.8, 4) is 11.5 Å². The number of nitrogens with one attached hydrogen (secondary N) is 1. The van der Waals surface area contributed by atoms with E-state index in [0.717, 1.165) is 47.0 Å². The maximum atomic E-state index is 6.01. The molecule has 1 atom stereocenters. The SMILES string of the molecule is Cl.Cl.NCCc1nc(NCCC2COc3ccccc3O2)c2ccccc2n1. The van der Waals surface area contributed by atoms with Crippen molar-refractivity contribution in [1.29, 1.82) is 0 Å². The van der Waals surface area contributed by atoms with Crippen LogP contribution in [0.1, 0.15) is 12.2 Å². The molecule has 150 valence electrons. The summed E-state index contributed by atoms with van der Waals surface area (Å²) in [7, 11) is 0. The van der Waals surface area contributed by atoms with E-state index in [1.165, 1.54) is 0 Å². The number of nitrogens with zero attached hydrogens (tertiary/aromatic N) is 2. The zero-order chi connectivity index (χ0) is 17.8. The molecule has 0 saturated carbocycles. The van der Waals surface area contributed by atoms with Gasteiger partial charge in [0.1, 0.15) is 24.4 Å². The highest BCUT2D eigenvalue weighted by Crippen LogP contribution is 2.31. The van der Waals surface area contributed by atoms with Gasteiger partial charge in [0.2, 0.25) is 0 Å². The van der Waals surface area contributed by atoms with Crippen LogP contribution in [0, 0.1) is 0 Å². The second-order valence-corrected chi connectivity index (χ2v) is 6.26. The van der Waals surface area contributed by atoms with Crippen LogP contribution >= 0.6 is 24.8 Å². The molecule has 2 heterocycles. The van der Waals surface area contributed by atoms with Crippen LogP contribution < -0.4 is 20.5 Å². The number of halogens is 2. The molecule has 4 rings (SSSR count). The van der Waals surface area contributed by atoms with Gasteiger partial charge in [-0.3, -0.25) is 0 Å². The fourth-order valence-corrected chi connectivity index (χ4v) is 3.06. The minimum Gasteiger partial charge on any atom is -0.486 e. The molecule has 28 heavy (non-hydrogen) atoms. The first-order chi connectivity index (χ1) is 12.8. The molecular weight excluding hydrogens is 399 g/mol. The Balaban J connectivity index is 0.00000140. The van der Waals surface area contributed by atoms with E-state index in [0.29, 0.717) is 19.6 Å². The third-order valence-electron chi connectivity index (χ3n) is 4.34. The Labute approximate surface area is 176 Å². The Kier molecular flexibility index (Phi) is 8.11. The Bertz CT molecular complexity index is 910. The van der Waals surface area contributed by atoms with E-state index in [9.17, 15) is 0 Å². The maximum Gasteiger partial charge on any atom is 0.161 e. The Morgan fingerprint density at radius 2 is 1.75 bits per heavy atom. The fourth-order valence-electron chi connectivity index (χ4n) is 3.06. The molecule has 1 aliphatic heterocycles. The molecule has 1 aromatic heterocycles. The summed E-state index contributed by atoms with van der Waals surface area (Å²) >= 11 is 0. The van der Waals surface area contributed by atoms with Gasteiger partial charge >= 0.3 is 0 Å². The zero-order valence-electron chi connectivity index (χ0n) is 15.3. The number of hydrogen-bond donors (Lipinski definition) is 2. The minimum atomic E-state index is 0. The number of hydrogen-bond acceptors (Lipinski definition) is 6. The van der Waals surface area contributed by atoms with Crippen LogP contribution in [-0.2, 0) is 6.42 Å². The third-order valence-corrected chi connectivity index (χ3v) is 4.34. The lowest BCUT2D eigenvalue weighted by Crippen LogP contribution is -2.31. The molecule has 3 aromatic rings. The van der Waals surface area contributed by atoms with Crippen molar-refractivity contribution in [2.75, 3.05) is 25.0 Å². The van der Waals surface area contributed by atoms with Gasteiger partial charge in [-0.05, 0) is 30.8 Å². The van der Waals surface area contributed by atoms with Crippen LogP contribution in [0.25, 0.3) is 10.9 Å². The largest absolute Gasteiger partial charge is 0.486 e. The van der Waals surface area contributed by atoms with E-state index in [4.69, 9.17) is 15.2 Å². The van der Waals surface area contributed by atoms with Gasteiger partial charge in [-0.1, -0.05) is 24.3 Å². The standard InChI is InChI=1S/C20H22N4O2.2ClH/c21-11-9-19-23-16-6-2-1-5-15(16)20(24-19)22-12-10-14-13-25-17-7-3-4-8-18(17)26-14;;/h1-8,14H,9-13,21H2,(H,22,23,24);2*1H. The summed E-state index contributed by atoms with van der Waals surface area (Å²) in [5.74, 6) is 3.22. The average Bonchev–Trinajstić information content (AvgIpc) is 2.68. The van der Waals surface area contributed by atoms with E-state index in [1.54, 1.807) is 0 Å². The molecule has 0 saturated heterocycles. The summed E-state index contributed by atoms with van der Waals surface area (Å²) in [6.07, 6.45) is 1.50. The minimum absolute atomic E-state index is 0. The lowest BCUT2D eigenvalue weighted by molar-refractivity contribution is 0.0873. The van der Waals surface area contributed by atoms with Gasteiger partial charge in [0.15, 0.2) is 11.5 Å². The van der Waals surface area contributed by atoms with Crippen molar-refractivity contribution in [3.05, 3.63) is 54.4 Å². The molecule has 8 heteroatoms. The number of ether oxygens (including phenoxy) is 2. The number of para-hydroxylation sites is 3. The summed E-state index contributed by atoms with van der Waals surface area (Å²) in [5.41, 5.74) is 6.59. The normalized spacial score (nSPS) is 14.7. The highest BCUT2D eigenvalue weighted by Gasteiger charge is 2.20. The van der Waals surface area contributed by atoms with E-state index in [1.807, 2.05) is 48.5 Å². The van der Waals surface area contributed by atoms with E-state index in [2.05, 4.69) is 15.3 Å². The molecule has 2 aromatic carbocycles. The van der Waals surface area contributed by atoms with Crippen LogP contribution in [0.5, 0.6) is 11.5 Å². The zero-order valence-corrected chi connectivity index (χ0v) is 17.0. The summed E-state index contributed by atoms with van der Waals surface area (Å²) in [6, 6.07) is 15.8. The average molecular weight is 423 g/mol. The maximum absolute atomic E-state index is 6.01. The Morgan fingerprint density at radius 3 is 2.57 bits per heavy atom. The highest BCUT2D eigenvalue weighted by atomic mass is 35.5. The number of aromatic nitrogens is 2. The Morgan fingerprint density at radius 1 is 1.00 bits per heavy atom. The first kappa shape index (κ1) is 22.0. The van der Waals surface area contributed by atoms with Crippen molar-refractivity contribution in [2.45, 2.75) is 18.9 Å². The van der Waals surface area contributed by atoms with Gasteiger partial charge in [-0.25, -0.2) is 9.97 Å². The first-order valence-electron chi connectivity index (χ1n) is 8.91. The second kappa shape index (κ2) is 10.3.